The summed E-state index contributed by atoms with van der Waals surface area (Å²) in [7, 11) is 0. The maximum atomic E-state index is 12.5. The Kier molecular flexibility index (Phi) is 6.54. The molecule has 0 unspecified atom stereocenters. The smallest absolute Gasteiger partial charge is 0.255 e. The lowest BCUT2D eigenvalue weighted by Crippen LogP contribution is -2.24. The number of anilines is 1. The topological polar surface area (TPSA) is 74.8 Å². The molecule has 0 fully saturated rings. The minimum atomic E-state index is -0.291. The summed E-state index contributed by atoms with van der Waals surface area (Å²) in [6.45, 7) is 3.62. The van der Waals surface area contributed by atoms with E-state index in [4.69, 9.17) is 11.6 Å². The second-order valence-corrected chi connectivity index (χ2v) is 7.79. The molecule has 5 nitrogen and oxygen atoms in total. The third kappa shape index (κ3) is 5.24. The fourth-order valence-electron chi connectivity index (χ4n) is 2.67. The van der Waals surface area contributed by atoms with E-state index in [-0.39, 0.29) is 17.9 Å². The number of hydrogen-bond acceptors (Lipinski definition) is 4. The molecule has 144 valence electrons. The molecule has 3 rings (SSSR count). The molecule has 0 radical (unpaired) electrons. The van der Waals surface area contributed by atoms with Gasteiger partial charge in [0.05, 0.1) is 6.42 Å². The van der Waals surface area contributed by atoms with Crippen LogP contribution in [0.25, 0.3) is 0 Å². The van der Waals surface area contributed by atoms with Gasteiger partial charge in [-0.3, -0.25) is 9.59 Å². The lowest BCUT2D eigenvalue weighted by molar-refractivity contribution is -0.115. The maximum absolute atomic E-state index is 12.5. The van der Waals surface area contributed by atoms with Crippen LogP contribution in [0.15, 0.2) is 58.5 Å². The summed E-state index contributed by atoms with van der Waals surface area (Å²) in [5, 5.41) is 3.89. The van der Waals surface area contributed by atoms with Crippen LogP contribution in [0.4, 0.5) is 5.69 Å². The monoisotopic (exact) mass is 413 g/mol. The zero-order valence-electron chi connectivity index (χ0n) is 15.6. The number of thioether (sulfide) groups is 1. The molecule has 3 aromatic rings. The molecule has 0 aliphatic heterocycles. The second-order valence-electron chi connectivity index (χ2n) is 6.39. The summed E-state index contributed by atoms with van der Waals surface area (Å²) in [5.41, 5.74) is 3.30. The summed E-state index contributed by atoms with van der Waals surface area (Å²) in [4.78, 5) is 32.1. The highest BCUT2D eigenvalue weighted by atomic mass is 35.5. The summed E-state index contributed by atoms with van der Waals surface area (Å²) in [6.07, 6.45) is -0.0518. The molecule has 1 heterocycles. The van der Waals surface area contributed by atoms with Gasteiger partial charge in [-0.05, 0) is 37.1 Å². The first-order chi connectivity index (χ1) is 13.4. The fourth-order valence-corrected chi connectivity index (χ4v) is 3.71. The molecule has 0 aliphatic rings. The first-order valence-electron chi connectivity index (χ1n) is 8.75. The Bertz CT molecular complexity index is 1050. The van der Waals surface area contributed by atoms with E-state index < -0.39 is 0 Å². The maximum Gasteiger partial charge on any atom is 0.255 e. The highest BCUT2D eigenvalue weighted by molar-refractivity contribution is 7.98. The molecule has 0 bridgehead atoms. The van der Waals surface area contributed by atoms with E-state index in [0.29, 0.717) is 32.9 Å². The Morgan fingerprint density at radius 1 is 1.18 bits per heavy atom. The van der Waals surface area contributed by atoms with Crippen molar-refractivity contribution in [1.29, 1.82) is 0 Å². The van der Waals surface area contributed by atoms with Crippen LogP contribution >= 0.6 is 23.4 Å². The van der Waals surface area contributed by atoms with E-state index in [2.05, 4.69) is 15.3 Å². The lowest BCUT2D eigenvalue weighted by atomic mass is 10.1. The standard InChI is InChI=1S/C21H20ClN3O2S/c1-13-8-9-16(22)10-18(13)24-19(26)11-17-14(2)23-21(25-20(17)27)28-12-15-6-4-3-5-7-15/h3-10H,11-12H2,1-2H3,(H,24,26)(H,23,25,27). The lowest BCUT2D eigenvalue weighted by Gasteiger charge is -2.10. The van der Waals surface area contributed by atoms with Gasteiger partial charge in [-0.25, -0.2) is 4.98 Å². The number of nitrogens with zero attached hydrogens (tertiary/aromatic N) is 1. The van der Waals surface area contributed by atoms with Crippen molar-refractivity contribution in [2.45, 2.75) is 31.2 Å². The summed E-state index contributed by atoms with van der Waals surface area (Å²) in [6, 6.07) is 15.2. The van der Waals surface area contributed by atoms with Gasteiger partial charge in [-0.15, -0.1) is 0 Å². The number of aryl methyl sites for hydroxylation is 2. The molecule has 28 heavy (non-hydrogen) atoms. The number of nitrogens with one attached hydrogen (secondary N) is 2. The predicted molar refractivity (Wildman–Crippen MR) is 114 cm³/mol. The van der Waals surface area contributed by atoms with E-state index >= 15 is 0 Å². The van der Waals surface area contributed by atoms with Crippen LogP contribution in [-0.4, -0.2) is 15.9 Å². The number of amides is 1. The average Bonchev–Trinajstić information content (AvgIpc) is 2.67. The molecule has 2 aromatic carbocycles. The van der Waals surface area contributed by atoms with Gasteiger partial charge in [-0.2, -0.15) is 0 Å². The largest absolute Gasteiger partial charge is 0.326 e. The Morgan fingerprint density at radius 2 is 1.93 bits per heavy atom. The van der Waals surface area contributed by atoms with Crippen LogP contribution in [0.5, 0.6) is 0 Å². The molecule has 0 spiro atoms. The Hall–Kier alpha value is -2.57. The molecule has 2 N–H and O–H groups in total. The minimum absolute atomic E-state index is 0.0518. The van der Waals surface area contributed by atoms with Gasteiger partial charge in [-0.1, -0.05) is 59.8 Å². The number of halogens is 1. The van der Waals surface area contributed by atoms with E-state index in [0.717, 1.165) is 11.1 Å². The van der Waals surface area contributed by atoms with Crippen LogP contribution in [-0.2, 0) is 17.0 Å². The van der Waals surface area contributed by atoms with Crippen LogP contribution in [0.2, 0.25) is 5.02 Å². The highest BCUT2D eigenvalue weighted by Crippen LogP contribution is 2.21. The van der Waals surface area contributed by atoms with Crippen molar-refractivity contribution in [1.82, 2.24) is 9.97 Å². The van der Waals surface area contributed by atoms with Crippen molar-refractivity contribution in [2.75, 3.05) is 5.32 Å². The first kappa shape index (κ1) is 20.2. The van der Waals surface area contributed by atoms with Crippen LogP contribution < -0.4 is 10.9 Å². The van der Waals surface area contributed by atoms with E-state index in [1.807, 2.05) is 43.3 Å². The molecule has 0 aliphatic carbocycles. The van der Waals surface area contributed by atoms with Crippen molar-refractivity contribution in [3.8, 4) is 0 Å². The average molecular weight is 414 g/mol. The van der Waals surface area contributed by atoms with E-state index in [1.54, 1.807) is 19.1 Å². The van der Waals surface area contributed by atoms with Crippen LogP contribution in [0.1, 0.15) is 22.4 Å². The molecule has 1 aromatic heterocycles. The van der Waals surface area contributed by atoms with Crippen LogP contribution in [0.3, 0.4) is 0 Å². The van der Waals surface area contributed by atoms with Crippen molar-refractivity contribution >= 4 is 35.0 Å². The number of hydrogen-bond donors (Lipinski definition) is 2. The van der Waals surface area contributed by atoms with Crippen molar-refractivity contribution in [2.24, 2.45) is 0 Å². The zero-order valence-corrected chi connectivity index (χ0v) is 17.2. The van der Waals surface area contributed by atoms with Crippen molar-refractivity contribution in [3.05, 3.63) is 86.3 Å². The van der Waals surface area contributed by atoms with E-state index in [1.165, 1.54) is 11.8 Å². The number of aromatic amines is 1. The predicted octanol–water partition coefficient (Wildman–Crippen LogP) is 4.51. The van der Waals surface area contributed by atoms with Gasteiger partial charge in [0, 0.05) is 27.7 Å². The van der Waals surface area contributed by atoms with E-state index in [9.17, 15) is 9.59 Å². The van der Waals surface area contributed by atoms with Gasteiger partial charge in [0.15, 0.2) is 5.16 Å². The van der Waals surface area contributed by atoms with Gasteiger partial charge in [0.25, 0.3) is 5.56 Å². The third-order valence-electron chi connectivity index (χ3n) is 4.23. The Labute approximate surface area is 172 Å². The zero-order chi connectivity index (χ0) is 20.1. The minimum Gasteiger partial charge on any atom is -0.326 e. The Balaban J connectivity index is 1.69. The SMILES string of the molecule is Cc1ccc(Cl)cc1NC(=O)Cc1c(C)nc(SCc2ccccc2)[nH]c1=O. The molecule has 1 amide bonds. The molecular formula is C21H20ClN3O2S. The van der Waals surface area contributed by atoms with Gasteiger partial charge >= 0.3 is 0 Å². The fraction of sp³-hybridized carbons (Fsp3) is 0.190. The number of benzene rings is 2. The molecule has 7 heteroatoms. The quantitative estimate of drug-likeness (QED) is 0.460. The molecular weight excluding hydrogens is 394 g/mol. The normalized spacial score (nSPS) is 10.7. The second kappa shape index (κ2) is 9.08. The van der Waals surface area contributed by atoms with Gasteiger partial charge in [0.1, 0.15) is 0 Å². The number of aromatic nitrogens is 2. The molecule has 0 saturated carbocycles. The highest BCUT2D eigenvalue weighted by Gasteiger charge is 2.14. The number of rotatable bonds is 6. The molecule has 0 saturated heterocycles. The summed E-state index contributed by atoms with van der Waals surface area (Å²) < 4.78 is 0. The van der Waals surface area contributed by atoms with Gasteiger partial charge < -0.3 is 10.3 Å². The third-order valence-corrected chi connectivity index (χ3v) is 5.41. The summed E-state index contributed by atoms with van der Waals surface area (Å²) >= 11 is 7.44. The van der Waals surface area contributed by atoms with Crippen molar-refractivity contribution < 1.29 is 4.79 Å². The number of carbonyl (C=O) groups is 1. The van der Waals surface area contributed by atoms with Crippen molar-refractivity contribution in [3.63, 3.8) is 0 Å². The molecule has 0 atom stereocenters. The Morgan fingerprint density at radius 3 is 2.64 bits per heavy atom. The number of carbonyl (C=O) groups excluding carboxylic acids is 1. The number of H-pyrrole nitrogens is 1. The van der Waals surface area contributed by atoms with Gasteiger partial charge in [0.2, 0.25) is 5.91 Å². The first-order valence-corrected chi connectivity index (χ1v) is 10.1. The summed E-state index contributed by atoms with van der Waals surface area (Å²) in [5.74, 6) is 0.419. The van der Waals surface area contributed by atoms with Crippen LogP contribution in [0, 0.1) is 13.8 Å².